The molecular formula is C53H62Cl2F4O8. The molecule has 0 spiro atoms. The summed E-state index contributed by atoms with van der Waals surface area (Å²) < 4.78 is 69.2. The van der Waals surface area contributed by atoms with Gasteiger partial charge in [0.15, 0.2) is 34.8 Å². The van der Waals surface area contributed by atoms with E-state index in [9.17, 15) is 41.5 Å². The minimum Gasteiger partial charge on any atom is -0.460 e. The molecular weight excluding hydrogens is 911 g/mol. The van der Waals surface area contributed by atoms with E-state index in [1.165, 1.54) is 17.2 Å². The highest BCUT2D eigenvalue weighted by atomic mass is 35.5. The Balaban J connectivity index is 0.000000219. The fourth-order valence-corrected chi connectivity index (χ4v) is 9.59. The third-order valence-corrected chi connectivity index (χ3v) is 14.1. The van der Waals surface area contributed by atoms with Gasteiger partial charge in [0.05, 0.1) is 36.2 Å². The second-order valence-corrected chi connectivity index (χ2v) is 21.3. The Morgan fingerprint density at radius 2 is 1.10 bits per heavy atom. The van der Waals surface area contributed by atoms with Crippen LogP contribution >= 0.6 is 23.2 Å². The number of carbonyl (C=O) groups excluding carboxylic acids is 5. The molecule has 0 radical (unpaired) electrons. The van der Waals surface area contributed by atoms with Crippen LogP contribution in [0.25, 0.3) is 0 Å². The van der Waals surface area contributed by atoms with Gasteiger partial charge in [0.1, 0.15) is 23.3 Å². The van der Waals surface area contributed by atoms with Crippen molar-refractivity contribution in [3.8, 4) is 12.3 Å². The molecule has 6 rings (SSSR count). The van der Waals surface area contributed by atoms with Crippen LogP contribution in [-0.4, -0.2) is 41.7 Å². The average molecular weight is 974 g/mol. The Kier molecular flexibility index (Phi) is 17.4. The van der Waals surface area contributed by atoms with Gasteiger partial charge in [-0.25, -0.2) is 17.6 Å². The highest BCUT2D eigenvalue weighted by molar-refractivity contribution is 6.55. The predicted molar refractivity (Wildman–Crippen MR) is 250 cm³/mol. The number of allylic oxidation sites excluding steroid dienone is 8. The molecule has 5 aliphatic carbocycles. The van der Waals surface area contributed by atoms with Crippen molar-refractivity contribution < 1.29 is 55.7 Å². The van der Waals surface area contributed by atoms with E-state index in [1.54, 1.807) is 19.9 Å². The molecule has 5 aliphatic rings. The molecule has 364 valence electrons. The number of esters is 3. The van der Waals surface area contributed by atoms with Crippen molar-refractivity contribution in [2.75, 3.05) is 0 Å². The second-order valence-electron chi connectivity index (χ2n) is 20.3. The van der Waals surface area contributed by atoms with Gasteiger partial charge in [0.2, 0.25) is 0 Å². The summed E-state index contributed by atoms with van der Waals surface area (Å²) >= 11 is 11.1. The van der Waals surface area contributed by atoms with Gasteiger partial charge < -0.3 is 14.2 Å². The Hall–Kier alpha value is -4.73. The lowest BCUT2D eigenvalue weighted by atomic mass is 10.1. The van der Waals surface area contributed by atoms with Gasteiger partial charge in [0.25, 0.3) is 0 Å². The Morgan fingerprint density at radius 1 is 0.716 bits per heavy atom. The van der Waals surface area contributed by atoms with E-state index < -0.39 is 64.9 Å². The molecule has 3 saturated carbocycles. The van der Waals surface area contributed by atoms with E-state index in [0.717, 1.165) is 16.7 Å². The fraction of sp³-hybridized carbons (Fsp3) is 0.528. The maximum Gasteiger partial charge on any atom is 0.310 e. The summed E-state index contributed by atoms with van der Waals surface area (Å²) in [6, 6.07) is 0.0866. The van der Waals surface area contributed by atoms with Crippen LogP contribution in [0.3, 0.4) is 0 Å². The van der Waals surface area contributed by atoms with E-state index in [0.29, 0.717) is 18.4 Å². The van der Waals surface area contributed by atoms with Crippen molar-refractivity contribution in [1.82, 2.24) is 0 Å². The van der Waals surface area contributed by atoms with Crippen molar-refractivity contribution in [2.24, 2.45) is 51.8 Å². The zero-order chi connectivity index (χ0) is 50.8. The average Bonchev–Trinajstić information content (AvgIpc) is 4.03. The predicted octanol–water partition coefficient (Wildman–Crippen LogP) is 12.3. The monoisotopic (exact) mass is 972 g/mol. The summed E-state index contributed by atoms with van der Waals surface area (Å²) in [4.78, 5) is 60.9. The van der Waals surface area contributed by atoms with E-state index in [1.807, 2.05) is 41.5 Å². The molecule has 0 N–H and O–H groups in total. The molecule has 0 aromatic heterocycles. The minimum atomic E-state index is -1.59. The quantitative estimate of drug-likeness (QED) is 0.0480. The maximum atomic E-state index is 13.5. The zero-order valence-corrected chi connectivity index (χ0v) is 41.9. The van der Waals surface area contributed by atoms with Crippen LogP contribution in [0.2, 0.25) is 0 Å². The smallest absolute Gasteiger partial charge is 0.310 e. The largest absolute Gasteiger partial charge is 0.460 e. The Bertz CT molecular complexity index is 2380. The van der Waals surface area contributed by atoms with Gasteiger partial charge >= 0.3 is 17.9 Å². The van der Waals surface area contributed by atoms with E-state index in [-0.39, 0.29) is 87.3 Å². The van der Waals surface area contributed by atoms with Crippen molar-refractivity contribution in [2.45, 2.75) is 128 Å². The highest BCUT2D eigenvalue weighted by Crippen LogP contribution is 2.62. The number of ketones is 2. The number of hydrogen-bond acceptors (Lipinski definition) is 8. The van der Waals surface area contributed by atoms with Gasteiger partial charge in [-0.1, -0.05) is 94.1 Å². The third-order valence-electron chi connectivity index (χ3n) is 13.9. The molecule has 0 aliphatic heterocycles. The molecule has 5 unspecified atom stereocenters. The zero-order valence-electron chi connectivity index (χ0n) is 40.4. The second kappa shape index (κ2) is 21.3. The van der Waals surface area contributed by atoms with Crippen molar-refractivity contribution in [1.29, 1.82) is 0 Å². The van der Waals surface area contributed by atoms with Crippen LogP contribution in [0.4, 0.5) is 17.6 Å². The number of halogens is 6. The van der Waals surface area contributed by atoms with E-state index >= 15 is 0 Å². The standard InChI is InChI=1S/C19H26O3.C19H24O3.C15H12Cl2F4O2/c2*1-7-8-13-12(4)16(10-15(13)20)22-18(21)17-14(9-11(2)3)19(17,5)6;1-15(2)7(3-10(16)17)11(15)14(22)23-5-6-12(20)8(18)4-9(19)13(6)21/h7,9,14,16-17H,1,8,10H2,2-6H3;1,9,14,16-17H,8,10H2,2-6H3;3-4,7,11H,5H2,1-2H3/t;14?,16-,17?;7-,11+/m.01/s1. The molecule has 1 aromatic rings. The Labute approximate surface area is 402 Å². The molecule has 0 bridgehead atoms. The van der Waals surface area contributed by atoms with Crippen LogP contribution in [0.1, 0.15) is 114 Å². The van der Waals surface area contributed by atoms with Crippen LogP contribution in [0, 0.1) is 87.4 Å². The van der Waals surface area contributed by atoms with Crippen molar-refractivity contribution in [3.63, 3.8) is 0 Å². The highest BCUT2D eigenvalue weighted by Gasteiger charge is 2.63. The third kappa shape index (κ3) is 12.3. The molecule has 0 saturated heterocycles. The first-order valence-corrected chi connectivity index (χ1v) is 22.9. The SMILES string of the molecule is C#CCC1=C(C)[C@@H](OC(=O)C2C(C=C(C)C)C2(C)C)CC1=O.C=CCC1=C(C)C(OC(=O)C2C(C=C(C)C)C2(C)C)CC1=O.CC1(C)[C@H](C=C(Cl)Cl)[C@H]1C(=O)OCc1c(F)c(F)cc(F)c1F. The molecule has 8 atom stereocenters. The number of benzene rings is 1. The van der Waals surface area contributed by atoms with E-state index in [4.69, 9.17) is 43.8 Å². The van der Waals surface area contributed by atoms with Crippen LogP contribution in [0.15, 0.2) is 74.9 Å². The molecule has 8 nitrogen and oxygen atoms in total. The summed E-state index contributed by atoms with van der Waals surface area (Å²) in [6.45, 7) is 26.5. The number of ether oxygens (including phenoxy) is 3. The molecule has 0 heterocycles. The Morgan fingerprint density at radius 3 is 1.49 bits per heavy atom. The summed E-state index contributed by atoms with van der Waals surface area (Å²) in [5.41, 5.74) is 3.91. The summed E-state index contributed by atoms with van der Waals surface area (Å²) in [5, 5.41) is 0. The number of hydrogen-bond donors (Lipinski definition) is 0. The van der Waals surface area contributed by atoms with E-state index in [2.05, 4.69) is 52.3 Å². The van der Waals surface area contributed by atoms with Gasteiger partial charge in [-0.2, -0.15) is 0 Å². The van der Waals surface area contributed by atoms with Gasteiger partial charge in [0, 0.05) is 23.6 Å². The lowest BCUT2D eigenvalue weighted by molar-refractivity contribution is -0.151. The fourth-order valence-electron chi connectivity index (χ4n) is 9.32. The van der Waals surface area contributed by atoms with Gasteiger partial charge in [-0.3, -0.25) is 24.0 Å². The first kappa shape index (κ1) is 54.9. The maximum absolute atomic E-state index is 13.5. The lowest BCUT2D eigenvalue weighted by Gasteiger charge is -2.13. The summed E-state index contributed by atoms with van der Waals surface area (Å²) in [7, 11) is 0. The van der Waals surface area contributed by atoms with Gasteiger partial charge in [-0.05, 0) is 99.2 Å². The first-order chi connectivity index (χ1) is 31.0. The summed E-state index contributed by atoms with van der Waals surface area (Å²) in [5.74, 6) is -5.54. The van der Waals surface area contributed by atoms with Crippen molar-refractivity contribution in [3.05, 3.63) is 104 Å². The lowest BCUT2D eigenvalue weighted by Crippen LogP contribution is -2.20. The number of rotatable bonds is 13. The number of carbonyl (C=O) groups is 5. The number of Topliss-reactive ketones (excluding diaryl/α,β-unsaturated/α-hetero) is 2. The van der Waals surface area contributed by atoms with Crippen LogP contribution < -0.4 is 0 Å². The van der Waals surface area contributed by atoms with Gasteiger partial charge in [-0.15, -0.1) is 18.9 Å². The molecule has 14 heteroatoms. The first-order valence-electron chi connectivity index (χ1n) is 22.2. The molecule has 1 aromatic carbocycles. The van der Waals surface area contributed by atoms with Crippen LogP contribution in [0.5, 0.6) is 0 Å². The van der Waals surface area contributed by atoms with Crippen LogP contribution in [-0.2, 0) is 44.8 Å². The summed E-state index contributed by atoms with van der Waals surface area (Å²) in [6.07, 6.45) is 13.3. The molecule has 67 heavy (non-hydrogen) atoms. The number of terminal acetylenes is 1. The molecule has 0 amide bonds. The molecule has 3 fully saturated rings. The van der Waals surface area contributed by atoms with Crippen molar-refractivity contribution >= 4 is 52.7 Å². The normalized spacial score (nSPS) is 26.6. The minimum absolute atomic E-state index is 0.00385. The topological polar surface area (TPSA) is 113 Å².